The Morgan fingerprint density at radius 1 is 0.688 bits per heavy atom. The predicted molar refractivity (Wildman–Crippen MR) is 73.0 cm³/mol. The minimum atomic E-state index is 1.22. The normalized spacial score (nSPS) is 10.1. The van der Waals surface area contributed by atoms with E-state index in [2.05, 4.69) is 75.2 Å². The lowest BCUT2D eigenvalue weighted by atomic mass is 10.1. The van der Waals surface area contributed by atoms with Gasteiger partial charge in [0.05, 0.1) is 0 Å². The van der Waals surface area contributed by atoms with Crippen molar-refractivity contribution in [3.05, 3.63) is 59.7 Å². The molecule has 0 amide bonds. The second-order valence-corrected chi connectivity index (χ2v) is 4.23. The molecule has 0 unspecified atom stereocenters. The molecular formula is C14H16BN. The maximum Gasteiger partial charge on any atom is 0.223 e. The largest absolute Gasteiger partial charge is 0.394 e. The van der Waals surface area contributed by atoms with Gasteiger partial charge in [0.2, 0.25) is 7.98 Å². The summed E-state index contributed by atoms with van der Waals surface area (Å²) in [7, 11) is 2.09. The van der Waals surface area contributed by atoms with E-state index in [0.717, 1.165) is 0 Å². The van der Waals surface area contributed by atoms with Gasteiger partial charge in [-0.25, -0.2) is 0 Å². The van der Waals surface area contributed by atoms with E-state index in [1.807, 2.05) is 0 Å². The van der Waals surface area contributed by atoms with E-state index in [0.29, 0.717) is 0 Å². The Morgan fingerprint density at radius 2 is 1.00 bits per heavy atom. The lowest BCUT2D eigenvalue weighted by Crippen LogP contribution is -2.11. The number of hydrogen-bond donors (Lipinski definition) is 0. The van der Waals surface area contributed by atoms with Crippen LogP contribution in [-0.4, -0.2) is 7.98 Å². The van der Waals surface area contributed by atoms with Crippen molar-refractivity contribution in [1.82, 2.24) is 0 Å². The average Bonchev–Trinajstić information content (AvgIpc) is 2.30. The Bertz CT molecular complexity index is 414. The van der Waals surface area contributed by atoms with E-state index in [9.17, 15) is 0 Å². The van der Waals surface area contributed by atoms with Crippen molar-refractivity contribution < 1.29 is 0 Å². The standard InChI is InChI=1S/C14H16BN/c1-11-3-7-13(8-4-11)16(15)14-9-5-12(2)6-10-14/h3-10H,15H2,1-2H3. The van der Waals surface area contributed by atoms with Crippen LogP contribution in [0.3, 0.4) is 0 Å². The SMILES string of the molecule is BN(c1ccc(C)cc1)c1ccc(C)cc1. The number of aryl methyl sites for hydroxylation is 2. The van der Waals surface area contributed by atoms with Gasteiger partial charge in [0, 0.05) is 11.4 Å². The summed E-state index contributed by atoms with van der Waals surface area (Å²) in [6, 6.07) is 17.1. The van der Waals surface area contributed by atoms with Gasteiger partial charge in [-0.3, -0.25) is 0 Å². The second kappa shape index (κ2) is 4.44. The molecule has 0 saturated carbocycles. The van der Waals surface area contributed by atoms with Crippen molar-refractivity contribution >= 4 is 19.4 Å². The van der Waals surface area contributed by atoms with Crippen LogP contribution in [0.15, 0.2) is 48.5 Å². The number of hydrogen-bond acceptors (Lipinski definition) is 1. The van der Waals surface area contributed by atoms with E-state index in [4.69, 9.17) is 0 Å². The Hall–Kier alpha value is -1.70. The summed E-state index contributed by atoms with van der Waals surface area (Å²) < 4.78 is 0. The summed E-state index contributed by atoms with van der Waals surface area (Å²) in [4.78, 5) is 2.19. The van der Waals surface area contributed by atoms with Gasteiger partial charge in [-0.1, -0.05) is 35.4 Å². The molecule has 0 radical (unpaired) electrons. The van der Waals surface area contributed by atoms with Gasteiger partial charge >= 0.3 is 0 Å². The summed E-state index contributed by atoms with van der Waals surface area (Å²) in [5.41, 5.74) is 5.02. The van der Waals surface area contributed by atoms with Gasteiger partial charge in [0.25, 0.3) is 0 Å². The fourth-order valence-corrected chi connectivity index (χ4v) is 1.69. The molecular weight excluding hydrogens is 193 g/mol. The van der Waals surface area contributed by atoms with E-state index in [-0.39, 0.29) is 0 Å². The van der Waals surface area contributed by atoms with Crippen molar-refractivity contribution in [3.63, 3.8) is 0 Å². The number of nitrogens with zero attached hydrogens (tertiary/aromatic N) is 1. The lowest BCUT2D eigenvalue weighted by Gasteiger charge is -2.20. The summed E-state index contributed by atoms with van der Waals surface area (Å²) in [5.74, 6) is 0. The molecule has 0 N–H and O–H groups in total. The zero-order valence-corrected chi connectivity index (χ0v) is 10.1. The van der Waals surface area contributed by atoms with Gasteiger partial charge in [0.15, 0.2) is 0 Å². The zero-order valence-electron chi connectivity index (χ0n) is 10.1. The van der Waals surface area contributed by atoms with Crippen LogP contribution in [0, 0.1) is 13.8 Å². The summed E-state index contributed by atoms with van der Waals surface area (Å²) in [5, 5.41) is 0. The summed E-state index contributed by atoms with van der Waals surface area (Å²) in [6.07, 6.45) is 0. The minimum Gasteiger partial charge on any atom is -0.394 e. The molecule has 1 nitrogen and oxygen atoms in total. The van der Waals surface area contributed by atoms with Crippen LogP contribution >= 0.6 is 0 Å². The van der Waals surface area contributed by atoms with Crippen molar-refractivity contribution in [3.8, 4) is 0 Å². The van der Waals surface area contributed by atoms with Crippen LogP contribution < -0.4 is 4.81 Å². The maximum atomic E-state index is 2.19. The first-order valence-electron chi connectivity index (χ1n) is 5.54. The van der Waals surface area contributed by atoms with Crippen molar-refractivity contribution in [2.45, 2.75) is 13.8 Å². The van der Waals surface area contributed by atoms with Gasteiger partial charge in [0.1, 0.15) is 0 Å². The van der Waals surface area contributed by atoms with Gasteiger partial charge in [-0.15, -0.1) is 0 Å². The van der Waals surface area contributed by atoms with E-state index < -0.39 is 0 Å². The molecule has 0 bridgehead atoms. The molecule has 2 rings (SSSR count). The molecule has 0 aromatic heterocycles. The molecule has 0 heterocycles. The first-order chi connectivity index (χ1) is 7.66. The van der Waals surface area contributed by atoms with Crippen LogP contribution in [0.25, 0.3) is 0 Å². The zero-order chi connectivity index (χ0) is 11.5. The second-order valence-electron chi connectivity index (χ2n) is 4.23. The Labute approximate surface area is 98.2 Å². The monoisotopic (exact) mass is 209 g/mol. The van der Waals surface area contributed by atoms with Crippen molar-refractivity contribution in [2.24, 2.45) is 0 Å². The fourth-order valence-electron chi connectivity index (χ4n) is 1.69. The Kier molecular flexibility index (Phi) is 3.00. The lowest BCUT2D eigenvalue weighted by molar-refractivity contribution is 1.37. The summed E-state index contributed by atoms with van der Waals surface area (Å²) in [6.45, 7) is 4.21. The highest BCUT2D eigenvalue weighted by molar-refractivity contribution is 6.22. The first-order valence-corrected chi connectivity index (χ1v) is 5.54. The third kappa shape index (κ3) is 2.27. The fraction of sp³-hybridized carbons (Fsp3) is 0.143. The number of anilines is 2. The van der Waals surface area contributed by atoms with Crippen LogP contribution in [0.4, 0.5) is 11.4 Å². The van der Waals surface area contributed by atoms with Crippen LogP contribution in [0.1, 0.15) is 11.1 Å². The Balaban J connectivity index is 2.28. The third-order valence-corrected chi connectivity index (χ3v) is 2.84. The summed E-state index contributed by atoms with van der Waals surface area (Å²) >= 11 is 0. The van der Waals surface area contributed by atoms with Crippen LogP contribution in [-0.2, 0) is 0 Å². The van der Waals surface area contributed by atoms with Gasteiger partial charge in [-0.05, 0) is 38.1 Å². The Morgan fingerprint density at radius 3 is 1.31 bits per heavy atom. The highest BCUT2D eigenvalue weighted by Gasteiger charge is 2.02. The maximum absolute atomic E-state index is 2.19. The molecule has 0 atom stereocenters. The van der Waals surface area contributed by atoms with E-state index >= 15 is 0 Å². The van der Waals surface area contributed by atoms with E-state index in [1.165, 1.54) is 22.5 Å². The number of benzene rings is 2. The molecule has 0 spiro atoms. The minimum absolute atomic E-state index is 1.22. The molecule has 80 valence electrons. The molecule has 0 fully saturated rings. The molecule has 2 heteroatoms. The smallest absolute Gasteiger partial charge is 0.223 e. The van der Waals surface area contributed by atoms with Gasteiger partial charge < -0.3 is 4.81 Å². The molecule has 2 aromatic rings. The molecule has 0 aliphatic heterocycles. The molecule has 2 aromatic carbocycles. The number of rotatable bonds is 2. The highest BCUT2D eigenvalue weighted by atomic mass is 15.0. The van der Waals surface area contributed by atoms with Crippen LogP contribution in [0.2, 0.25) is 0 Å². The highest BCUT2D eigenvalue weighted by Crippen LogP contribution is 2.23. The quantitative estimate of drug-likeness (QED) is 0.687. The average molecular weight is 209 g/mol. The predicted octanol–water partition coefficient (Wildman–Crippen LogP) is 2.99. The van der Waals surface area contributed by atoms with Gasteiger partial charge in [-0.2, -0.15) is 0 Å². The van der Waals surface area contributed by atoms with Crippen molar-refractivity contribution in [1.29, 1.82) is 0 Å². The van der Waals surface area contributed by atoms with Crippen LogP contribution in [0.5, 0.6) is 0 Å². The first kappa shape index (κ1) is 10.8. The van der Waals surface area contributed by atoms with Crippen molar-refractivity contribution in [2.75, 3.05) is 4.81 Å². The molecule has 0 saturated heterocycles. The topological polar surface area (TPSA) is 3.24 Å². The molecule has 0 aliphatic carbocycles. The third-order valence-electron chi connectivity index (χ3n) is 2.84. The molecule has 0 aliphatic rings. The molecule has 16 heavy (non-hydrogen) atoms. The van der Waals surface area contributed by atoms with E-state index in [1.54, 1.807) is 0 Å².